The summed E-state index contributed by atoms with van der Waals surface area (Å²) in [6.45, 7) is 0.524. The van der Waals surface area contributed by atoms with E-state index in [9.17, 15) is 9.18 Å². The van der Waals surface area contributed by atoms with E-state index >= 15 is 0 Å². The van der Waals surface area contributed by atoms with Crippen LogP contribution < -0.4 is 10.1 Å². The largest absolute Gasteiger partial charge is 0.489 e. The average molecular weight is 470 g/mol. The van der Waals surface area contributed by atoms with E-state index in [1.54, 1.807) is 60.8 Å². The third-order valence-corrected chi connectivity index (χ3v) is 5.31. The lowest BCUT2D eigenvalue weighted by Gasteiger charge is -2.08. The van der Waals surface area contributed by atoms with Crippen LogP contribution in [0.1, 0.15) is 21.5 Å². The van der Waals surface area contributed by atoms with Crippen LogP contribution in [0.5, 0.6) is 5.75 Å². The Kier molecular flexibility index (Phi) is 6.73. The SMILES string of the molecule is O=C(Nc1ccn(Cc2c(F)cccc2Cl)n1)c1ccc(COc2ccc(Cl)cc2)cc1. The van der Waals surface area contributed by atoms with Gasteiger partial charge in [-0.15, -0.1) is 0 Å². The maximum Gasteiger partial charge on any atom is 0.256 e. The van der Waals surface area contributed by atoms with Crippen LogP contribution in [-0.2, 0) is 13.2 Å². The van der Waals surface area contributed by atoms with Crippen molar-refractivity contribution in [2.45, 2.75) is 13.2 Å². The minimum atomic E-state index is -0.404. The maximum atomic E-state index is 14.0. The van der Waals surface area contributed by atoms with Gasteiger partial charge in [-0.2, -0.15) is 5.10 Å². The molecule has 1 aromatic heterocycles. The van der Waals surface area contributed by atoms with Crippen molar-refractivity contribution in [3.8, 4) is 5.75 Å². The highest BCUT2D eigenvalue weighted by molar-refractivity contribution is 6.31. The van der Waals surface area contributed by atoms with Crippen molar-refractivity contribution in [2.24, 2.45) is 0 Å². The second-order valence-corrected chi connectivity index (χ2v) is 7.84. The number of nitrogens with zero attached hydrogens (tertiary/aromatic N) is 2. The van der Waals surface area contributed by atoms with E-state index in [1.165, 1.54) is 10.7 Å². The zero-order valence-corrected chi connectivity index (χ0v) is 18.3. The summed E-state index contributed by atoms with van der Waals surface area (Å²) in [4.78, 5) is 12.5. The highest BCUT2D eigenvalue weighted by Crippen LogP contribution is 2.21. The number of aromatic nitrogens is 2. The van der Waals surface area contributed by atoms with Crippen molar-refractivity contribution >= 4 is 34.9 Å². The molecule has 162 valence electrons. The van der Waals surface area contributed by atoms with Crippen molar-refractivity contribution in [3.63, 3.8) is 0 Å². The molecule has 0 saturated carbocycles. The first-order valence-corrected chi connectivity index (χ1v) is 10.5. The fourth-order valence-electron chi connectivity index (χ4n) is 3.00. The van der Waals surface area contributed by atoms with E-state index in [4.69, 9.17) is 27.9 Å². The lowest BCUT2D eigenvalue weighted by molar-refractivity contribution is 0.102. The maximum absolute atomic E-state index is 14.0. The number of halogens is 3. The van der Waals surface area contributed by atoms with Gasteiger partial charge in [-0.25, -0.2) is 4.39 Å². The minimum absolute atomic E-state index is 0.156. The molecule has 0 saturated heterocycles. The standard InChI is InChI=1S/C24H18Cl2FN3O2/c25-18-8-10-19(11-9-18)32-15-16-4-6-17(7-5-16)24(31)28-23-12-13-30(29-23)14-20-21(26)2-1-3-22(20)27/h1-13H,14-15H2,(H,28,29,31). The first kappa shape index (κ1) is 21.9. The third kappa shape index (κ3) is 5.46. The number of amides is 1. The highest BCUT2D eigenvalue weighted by atomic mass is 35.5. The summed E-state index contributed by atoms with van der Waals surface area (Å²) in [5.74, 6) is 0.365. The predicted octanol–water partition coefficient (Wildman–Crippen LogP) is 6.21. The van der Waals surface area contributed by atoms with Gasteiger partial charge in [0.1, 0.15) is 18.2 Å². The van der Waals surface area contributed by atoms with Crippen LogP contribution in [0.15, 0.2) is 79.0 Å². The number of hydrogen-bond acceptors (Lipinski definition) is 3. The quantitative estimate of drug-likeness (QED) is 0.350. The average Bonchev–Trinajstić information content (AvgIpc) is 3.23. The summed E-state index contributed by atoms with van der Waals surface area (Å²) < 4.78 is 21.2. The second kappa shape index (κ2) is 9.85. The molecule has 0 unspecified atom stereocenters. The molecule has 0 fully saturated rings. The van der Waals surface area contributed by atoms with Gasteiger partial charge in [-0.3, -0.25) is 9.48 Å². The summed E-state index contributed by atoms with van der Waals surface area (Å²) in [6.07, 6.45) is 1.65. The molecule has 1 heterocycles. The fraction of sp³-hybridized carbons (Fsp3) is 0.0833. The van der Waals surface area contributed by atoms with Crippen LogP contribution in [0.3, 0.4) is 0 Å². The van der Waals surface area contributed by atoms with E-state index in [0.29, 0.717) is 39.3 Å². The Hall–Kier alpha value is -3.35. The van der Waals surface area contributed by atoms with Crippen molar-refractivity contribution in [3.05, 3.63) is 112 Å². The molecule has 0 radical (unpaired) electrons. The number of hydrogen-bond donors (Lipinski definition) is 1. The zero-order chi connectivity index (χ0) is 22.5. The molecule has 1 amide bonds. The molecule has 3 aromatic carbocycles. The van der Waals surface area contributed by atoms with Crippen molar-refractivity contribution in [2.75, 3.05) is 5.32 Å². The second-order valence-electron chi connectivity index (χ2n) is 6.99. The molecule has 5 nitrogen and oxygen atoms in total. The van der Waals surface area contributed by atoms with Gasteiger partial charge in [0, 0.05) is 33.4 Å². The lowest BCUT2D eigenvalue weighted by atomic mass is 10.1. The van der Waals surface area contributed by atoms with E-state index < -0.39 is 5.82 Å². The number of rotatable bonds is 7. The van der Waals surface area contributed by atoms with Gasteiger partial charge in [0.25, 0.3) is 5.91 Å². The molecule has 4 rings (SSSR count). The normalized spacial score (nSPS) is 10.7. The molecule has 0 bridgehead atoms. The summed E-state index contributed by atoms with van der Waals surface area (Å²) in [7, 11) is 0. The van der Waals surface area contributed by atoms with Crippen molar-refractivity contribution < 1.29 is 13.9 Å². The van der Waals surface area contributed by atoms with Crippen LogP contribution in [0.25, 0.3) is 0 Å². The Bertz CT molecular complexity index is 1200. The van der Waals surface area contributed by atoms with Crippen LogP contribution >= 0.6 is 23.2 Å². The van der Waals surface area contributed by atoms with Crippen molar-refractivity contribution in [1.82, 2.24) is 9.78 Å². The Morgan fingerprint density at radius 1 is 1.00 bits per heavy atom. The fourth-order valence-corrected chi connectivity index (χ4v) is 3.35. The first-order valence-electron chi connectivity index (χ1n) is 9.73. The van der Waals surface area contributed by atoms with Crippen molar-refractivity contribution in [1.29, 1.82) is 0 Å². The predicted molar refractivity (Wildman–Crippen MR) is 123 cm³/mol. The summed E-state index contributed by atoms with van der Waals surface area (Å²) in [5.41, 5.74) is 1.74. The number of carbonyl (C=O) groups is 1. The molecular weight excluding hydrogens is 452 g/mol. The van der Waals surface area contributed by atoms with Gasteiger partial charge in [0.15, 0.2) is 5.82 Å². The number of benzene rings is 3. The van der Waals surface area contributed by atoms with Crippen LogP contribution in [-0.4, -0.2) is 15.7 Å². The van der Waals surface area contributed by atoms with Crippen LogP contribution in [0.2, 0.25) is 10.0 Å². The van der Waals surface area contributed by atoms with Gasteiger partial charge in [0.2, 0.25) is 0 Å². The molecule has 0 aliphatic carbocycles. The molecule has 0 spiro atoms. The summed E-state index contributed by atoms with van der Waals surface area (Å²) in [5, 5.41) is 7.98. The minimum Gasteiger partial charge on any atom is -0.489 e. The van der Waals surface area contributed by atoms with Gasteiger partial charge in [-0.1, -0.05) is 41.4 Å². The Morgan fingerprint density at radius 2 is 1.75 bits per heavy atom. The number of anilines is 1. The first-order chi connectivity index (χ1) is 15.5. The van der Waals surface area contributed by atoms with E-state index in [1.807, 2.05) is 12.1 Å². The van der Waals surface area contributed by atoms with E-state index in [2.05, 4.69) is 10.4 Å². The molecule has 0 atom stereocenters. The topological polar surface area (TPSA) is 56.2 Å². The van der Waals surface area contributed by atoms with Gasteiger partial charge in [-0.05, 0) is 54.1 Å². The lowest BCUT2D eigenvalue weighted by Crippen LogP contribution is -2.13. The highest BCUT2D eigenvalue weighted by Gasteiger charge is 2.11. The third-order valence-electron chi connectivity index (χ3n) is 4.70. The molecule has 0 aliphatic rings. The van der Waals surface area contributed by atoms with Gasteiger partial charge in [0.05, 0.1) is 6.54 Å². The molecule has 32 heavy (non-hydrogen) atoms. The number of carbonyl (C=O) groups excluding carboxylic acids is 1. The zero-order valence-electron chi connectivity index (χ0n) is 16.8. The van der Waals surface area contributed by atoms with E-state index in [-0.39, 0.29) is 12.5 Å². The molecule has 8 heteroatoms. The van der Waals surface area contributed by atoms with Gasteiger partial charge < -0.3 is 10.1 Å². The Morgan fingerprint density at radius 3 is 2.47 bits per heavy atom. The molecule has 0 aliphatic heterocycles. The summed E-state index contributed by atoms with van der Waals surface area (Å²) in [6, 6.07) is 20.3. The monoisotopic (exact) mass is 469 g/mol. The van der Waals surface area contributed by atoms with Gasteiger partial charge >= 0.3 is 0 Å². The van der Waals surface area contributed by atoms with Crippen LogP contribution in [0.4, 0.5) is 10.2 Å². The summed E-state index contributed by atoms with van der Waals surface area (Å²) >= 11 is 11.9. The Balaban J connectivity index is 1.34. The Labute approximate surface area is 194 Å². The molecule has 1 N–H and O–H groups in total. The number of ether oxygens (including phenoxy) is 1. The van der Waals surface area contributed by atoms with Crippen LogP contribution in [0, 0.1) is 5.82 Å². The smallest absolute Gasteiger partial charge is 0.256 e. The molecular formula is C24H18Cl2FN3O2. The van der Waals surface area contributed by atoms with E-state index in [0.717, 1.165) is 5.56 Å². The number of nitrogens with one attached hydrogen (secondary N) is 1. The molecule has 4 aromatic rings.